The average molecular weight is 249 g/mol. The van der Waals surface area contributed by atoms with E-state index in [4.69, 9.17) is 4.74 Å². The van der Waals surface area contributed by atoms with E-state index in [1.54, 1.807) is 6.92 Å². The lowest BCUT2D eigenvalue weighted by molar-refractivity contribution is -0.143. The summed E-state index contributed by atoms with van der Waals surface area (Å²) in [5.41, 5.74) is 0.724. The van der Waals surface area contributed by atoms with Crippen molar-refractivity contribution in [3.63, 3.8) is 0 Å². The van der Waals surface area contributed by atoms with E-state index in [0.717, 1.165) is 5.69 Å². The molecule has 4 heteroatoms. The zero-order chi connectivity index (χ0) is 13.5. The first-order valence-corrected chi connectivity index (χ1v) is 6.10. The van der Waals surface area contributed by atoms with E-state index in [1.807, 2.05) is 37.3 Å². The second-order valence-corrected chi connectivity index (χ2v) is 3.90. The molecule has 0 N–H and O–H groups in total. The Morgan fingerprint density at radius 2 is 1.83 bits per heavy atom. The minimum atomic E-state index is -0.565. The van der Waals surface area contributed by atoms with Crippen LogP contribution in [-0.2, 0) is 14.3 Å². The summed E-state index contributed by atoms with van der Waals surface area (Å²) in [6, 6.07) is 8.63. The van der Waals surface area contributed by atoms with Crippen molar-refractivity contribution < 1.29 is 14.3 Å². The van der Waals surface area contributed by atoms with Crippen molar-refractivity contribution in [1.29, 1.82) is 0 Å². The number of methoxy groups -OCH3 is 1. The topological polar surface area (TPSA) is 46.6 Å². The summed E-state index contributed by atoms with van der Waals surface area (Å²) in [5, 5.41) is 0. The van der Waals surface area contributed by atoms with Crippen LogP contribution in [0.3, 0.4) is 0 Å². The van der Waals surface area contributed by atoms with Gasteiger partial charge in [0.2, 0.25) is 5.91 Å². The van der Waals surface area contributed by atoms with Crippen LogP contribution >= 0.6 is 0 Å². The van der Waals surface area contributed by atoms with Crippen molar-refractivity contribution in [1.82, 2.24) is 0 Å². The first kappa shape index (κ1) is 14.2. The van der Waals surface area contributed by atoms with Crippen LogP contribution < -0.4 is 4.90 Å². The maximum absolute atomic E-state index is 12.1. The molecule has 0 aromatic heterocycles. The third kappa shape index (κ3) is 3.09. The van der Waals surface area contributed by atoms with Gasteiger partial charge in [-0.15, -0.1) is 0 Å². The lowest BCUT2D eigenvalue weighted by Crippen LogP contribution is -2.45. The molecule has 0 saturated carbocycles. The van der Waals surface area contributed by atoms with Crippen molar-refractivity contribution >= 4 is 17.6 Å². The number of esters is 1. The fourth-order valence-electron chi connectivity index (χ4n) is 1.85. The number of benzene rings is 1. The molecule has 1 rings (SSSR count). The molecule has 0 unspecified atom stereocenters. The molecular weight excluding hydrogens is 230 g/mol. The molecular formula is C14H19NO3. The Morgan fingerprint density at radius 1 is 1.22 bits per heavy atom. The summed E-state index contributed by atoms with van der Waals surface area (Å²) in [6.45, 7) is 3.64. The number of rotatable bonds is 5. The Morgan fingerprint density at radius 3 is 2.28 bits per heavy atom. The summed E-state index contributed by atoms with van der Waals surface area (Å²) in [7, 11) is 1.34. The standard InChI is InChI=1S/C14H19NO3/c1-4-12(14(17)18-3)15(13(16)5-2)11-9-7-6-8-10-11/h6-10,12H,4-5H2,1-3H3/t12-/m1/s1. The predicted octanol–water partition coefficient (Wildman–Crippen LogP) is 2.38. The fourth-order valence-corrected chi connectivity index (χ4v) is 1.85. The molecule has 4 nitrogen and oxygen atoms in total. The van der Waals surface area contributed by atoms with Gasteiger partial charge in [0, 0.05) is 12.1 Å². The molecule has 0 fully saturated rings. The molecule has 98 valence electrons. The number of ether oxygens (including phenoxy) is 1. The van der Waals surface area contributed by atoms with Crippen LogP contribution in [0.1, 0.15) is 26.7 Å². The number of anilines is 1. The molecule has 0 heterocycles. The Balaban J connectivity index is 3.12. The molecule has 1 amide bonds. The Bertz CT molecular complexity index is 403. The van der Waals surface area contributed by atoms with E-state index in [9.17, 15) is 9.59 Å². The van der Waals surface area contributed by atoms with Crippen LogP contribution in [0.5, 0.6) is 0 Å². The maximum atomic E-state index is 12.1. The molecule has 0 aliphatic heterocycles. The third-order valence-electron chi connectivity index (χ3n) is 2.78. The number of carbonyl (C=O) groups is 2. The smallest absolute Gasteiger partial charge is 0.328 e. The molecule has 0 saturated heterocycles. The first-order chi connectivity index (χ1) is 8.65. The van der Waals surface area contributed by atoms with E-state index < -0.39 is 6.04 Å². The van der Waals surface area contributed by atoms with E-state index in [-0.39, 0.29) is 11.9 Å². The first-order valence-electron chi connectivity index (χ1n) is 6.10. The van der Waals surface area contributed by atoms with E-state index >= 15 is 0 Å². The van der Waals surface area contributed by atoms with E-state index in [1.165, 1.54) is 12.0 Å². The number of carbonyl (C=O) groups excluding carboxylic acids is 2. The van der Waals surface area contributed by atoms with Gasteiger partial charge in [-0.1, -0.05) is 32.0 Å². The monoisotopic (exact) mass is 249 g/mol. The molecule has 1 aromatic carbocycles. The number of hydrogen-bond donors (Lipinski definition) is 0. The van der Waals surface area contributed by atoms with Gasteiger partial charge in [-0.25, -0.2) is 4.79 Å². The van der Waals surface area contributed by atoms with E-state index in [0.29, 0.717) is 12.8 Å². The molecule has 18 heavy (non-hydrogen) atoms. The van der Waals surface area contributed by atoms with Crippen molar-refractivity contribution in [2.45, 2.75) is 32.7 Å². The number of nitrogens with zero attached hydrogens (tertiary/aromatic N) is 1. The average Bonchev–Trinajstić information content (AvgIpc) is 2.43. The van der Waals surface area contributed by atoms with Crippen LogP contribution in [0.25, 0.3) is 0 Å². The molecule has 1 atom stereocenters. The minimum Gasteiger partial charge on any atom is -0.467 e. The van der Waals surface area contributed by atoms with Gasteiger partial charge in [0.1, 0.15) is 6.04 Å². The second kappa shape index (κ2) is 6.79. The van der Waals surface area contributed by atoms with Gasteiger partial charge in [-0.2, -0.15) is 0 Å². The Labute approximate surface area is 108 Å². The maximum Gasteiger partial charge on any atom is 0.328 e. The van der Waals surface area contributed by atoms with Gasteiger partial charge < -0.3 is 4.74 Å². The normalized spacial score (nSPS) is 11.7. The molecule has 0 aliphatic rings. The summed E-state index contributed by atoms with van der Waals surface area (Å²) >= 11 is 0. The van der Waals surface area contributed by atoms with Crippen LogP contribution in [0.2, 0.25) is 0 Å². The molecule has 1 aromatic rings. The van der Waals surface area contributed by atoms with Crippen molar-refractivity contribution in [2.24, 2.45) is 0 Å². The Hall–Kier alpha value is -1.84. The van der Waals surface area contributed by atoms with Crippen LogP contribution in [0.4, 0.5) is 5.69 Å². The quantitative estimate of drug-likeness (QED) is 0.753. The summed E-state index contributed by atoms with van der Waals surface area (Å²) in [4.78, 5) is 25.3. The fraction of sp³-hybridized carbons (Fsp3) is 0.429. The Kier molecular flexibility index (Phi) is 5.36. The highest BCUT2D eigenvalue weighted by Gasteiger charge is 2.29. The van der Waals surface area contributed by atoms with Crippen LogP contribution in [-0.4, -0.2) is 25.0 Å². The largest absolute Gasteiger partial charge is 0.467 e. The number of para-hydroxylation sites is 1. The van der Waals surface area contributed by atoms with E-state index in [2.05, 4.69) is 0 Å². The lowest BCUT2D eigenvalue weighted by atomic mass is 10.1. The molecule has 0 bridgehead atoms. The van der Waals surface area contributed by atoms with Crippen LogP contribution in [0, 0.1) is 0 Å². The highest BCUT2D eigenvalue weighted by molar-refractivity contribution is 5.99. The van der Waals surface area contributed by atoms with Crippen molar-refractivity contribution in [3.05, 3.63) is 30.3 Å². The molecule has 0 aliphatic carbocycles. The predicted molar refractivity (Wildman–Crippen MR) is 70.3 cm³/mol. The van der Waals surface area contributed by atoms with Gasteiger partial charge in [0.05, 0.1) is 7.11 Å². The second-order valence-electron chi connectivity index (χ2n) is 3.90. The number of hydrogen-bond acceptors (Lipinski definition) is 3. The van der Waals surface area contributed by atoms with Gasteiger partial charge in [0.15, 0.2) is 0 Å². The lowest BCUT2D eigenvalue weighted by Gasteiger charge is -2.29. The summed E-state index contributed by atoms with van der Waals surface area (Å²) in [5.74, 6) is -0.471. The summed E-state index contributed by atoms with van der Waals surface area (Å²) < 4.78 is 4.77. The van der Waals surface area contributed by atoms with Gasteiger partial charge in [-0.3, -0.25) is 9.69 Å². The molecule has 0 spiro atoms. The van der Waals surface area contributed by atoms with Gasteiger partial charge in [-0.05, 0) is 18.6 Å². The third-order valence-corrected chi connectivity index (χ3v) is 2.78. The van der Waals surface area contributed by atoms with Crippen molar-refractivity contribution in [3.8, 4) is 0 Å². The zero-order valence-electron chi connectivity index (χ0n) is 11.1. The van der Waals surface area contributed by atoms with Gasteiger partial charge in [0.25, 0.3) is 0 Å². The highest BCUT2D eigenvalue weighted by Crippen LogP contribution is 2.20. The van der Waals surface area contributed by atoms with Crippen molar-refractivity contribution in [2.75, 3.05) is 12.0 Å². The molecule has 0 radical (unpaired) electrons. The zero-order valence-corrected chi connectivity index (χ0v) is 11.1. The number of amides is 1. The van der Waals surface area contributed by atoms with Gasteiger partial charge >= 0.3 is 5.97 Å². The van der Waals surface area contributed by atoms with Crippen LogP contribution in [0.15, 0.2) is 30.3 Å². The summed E-state index contributed by atoms with van der Waals surface area (Å²) in [6.07, 6.45) is 0.871. The minimum absolute atomic E-state index is 0.0848. The highest BCUT2D eigenvalue weighted by atomic mass is 16.5. The SMILES string of the molecule is CCC(=O)N(c1ccccc1)[C@H](CC)C(=O)OC.